The maximum Gasteiger partial charge on any atom is 0.185 e. The quantitative estimate of drug-likeness (QED) is 0.538. The van der Waals surface area contributed by atoms with Gasteiger partial charge >= 0.3 is 0 Å². The first-order valence-electron chi connectivity index (χ1n) is 8.96. The van der Waals surface area contributed by atoms with Crippen LogP contribution in [0.25, 0.3) is 6.08 Å². The Morgan fingerprint density at radius 1 is 1.15 bits per heavy atom. The van der Waals surface area contributed by atoms with Crippen molar-refractivity contribution in [2.75, 3.05) is 20.8 Å². The Morgan fingerprint density at radius 2 is 1.93 bits per heavy atom. The topological polar surface area (TPSA) is 54.0 Å². The van der Waals surface area contributed by atoms with E-state index in [9.17, 15) is 4.79 Å². The summed E-state index contributed by atoms with van der Waals surface area (Å²) in [5.41, 5.74) is 2.47. The van der Waals surface area contributed by atoms with E-state index >= 15 is 0 Å². The molecule has 0 unspecified atom stereocenters. The average molecular weight is 368 g/mol. The summed E-state index contributed by atoms with van der Waals surface area (Å²) in [6.07, 6.45) is 4.31. The monoisotopic (exact) mass is 368 g/mol. The van der Waals surface area contributed by atoms with Gasteiger partial charge in [0.2, 0.25) is 0 Å². The Hall–Kier alpha value is -2.95. The first-order chi connectivity index (χ1) is 13.0. The van der Waals surface area contributed by atoms with Crippen molar-refractivity contribution in [1.29, 1.82) is 0 Å². The van der Waals surface area contributed by atoms with Gasteiger partial charge in [0.05, 0.1) is 20.8 Å². The van der Waals surface area contributed by atoms with Gasteiger partial charge in [-0.05, 0) is 56.3 Å². The molecule has 0 fully saturated rings. The zero-order chi connectivity index (χ0) is 19.4. The van der Waals surface area contributed by atoms with Crippen molar-refractivity contribution in [3.05, 3.63) is 53.1 Å². The summed E-state index contributed by atoms with van der Waals surface area (Å²) in [7, 11) is 3.10. The van der Waals surface area contributed by atoms with Crippen molar-refractivity contribution < 1.29 is 23.7 Å². The minimum absolute atomic E-state index is 0.131. The SMILES string of the molecule is CCOc1cc2c(cc1/C=C/C(=O)c1ccc(OC)c(OC)c1)O[C@@H](C)C2. The first-order valence-corrected chi connectivity index (χ1v) is 8.96. The van der Waals surface area contributed by atoms with Crippen molar-refractivity contribution in [3.63, 3.8) is 0 Å². The van der Waals surface area contributed by atoms with E-state index in [1.165, 1.54) is 6.08 Å². The summed E-state index contributed by atoms with van der Waals surface area (Å²) in [6, 6.07) is 9.04. The summed E-state index contributed by atoms with van der Waals surface area (Å²) in [4.78, 5) is 12.6. The van der Waals surface area contributed by atoms with E-state index in [1.807, 2.05) is 26.0 Å². The molecule has 0 saturated carbocycles. The van der Waals surface area contributed by atoms with E-state index in [4.69, 9.17) is 18.9 Å². The molecule has 0 aromatic heterocycles. The van der Waals surface area contributed by atoms with Crippen molar-refractivity contribution in [2.24, 2.45) is 0 Å². The molecule has 0 N–H and O–H groups in total. The largest absolute Gasteiger partial charge is 0.493 e. The zero-order valence-electron chi connectivity index (χ0n) is 16.1. The Kier molecular flexibility index (Phi) is 5.69. The fraction of sp³-hybridized carbons (Fsp3) is 0.318. The maximum absolute atomic E-state index is 12.6. The van der Waals surface area contributed by atoms with Crippen LogP contribution in [0.15, 0.2) is 36.4 Å². The molecule has 0 aliphatic carbocycles. The number of carbonyl (C=O) groups excluding carboxylic acids is 1. The van der Waals surface area contributed by atoms with Crippen molar-refractivity contribution in [3.8, 4) is 23.0 Å². The first kappa shape index (κ1) is 18.8. The molecular formula is C22H24O5. The highest BCUT2D eigenvalue weighted by Gasteiger charge is 2.21. The van der Waals surface area contributed by atoms with Gasteiger partial charge in [-0.3, -0.25) is 4.79 Å². The second-order valence-corrected chi connectivity index (χ2v) is 6.33. The van der Waals surface area contributed by atoms with Gasteiger partial charge in [0.1, 0.15) is 17.6 Å². The Labute approximate surface area is 159 Å². The third-order valence-corrected chi connectivity index (χ3v) is 4.41. The Balaban J connectivity index is 1.87. The highest BCUT2D eigenvalue weighted by atomic mass is 16.5. The van der Waals surface area contributed by atoms with Crippen LogP contribution < -0.4 is 18.9 Å². The van der Waals surface area contributed by atoms with E-state index in [2.05, 4.69) is 0 Å². The molecule has 0 saturated heterocycles. The zero-order valence-corrected chi connectivity index (χ0v) is 16.1. The van der Waals surface area contributed by atoms with Crippen LogP contribution in [0.5, 0.6) is 23.0 Å². The number of hydrogen-bond acceptors (Lipinski definition) is 5. The van der Waals surface area contributed by atoms with E-state index in [-0.39, 0.29) is 11.9 Å². The fourth-order valence-corrected chi connectivity index (χ4v) is 3.12. The lowest BCUT2D eigenvalue weighted by Gasteiger charge is -2.10. The number of allylic oxidation sites excluding steroid dienone is 1. The molecule has 142 valence electrons. The predicted octanol–water partition coefficient (Wildman–Crippen LogP) is 4.32. The van der Waals surface area contributed by atoms with Gasteiger partial charge in [-0.1, -0.05) is 0 Å². The van der Waals surface area contributed by atoms with Gasteiger partial charge in [0.25, 0.3) is 0 Å². The van der Waals surface area contributed by atoms with Crippen LogP contribution in [0.3, 0.4) is 0 Å². The molecule has 2 aromatic carbocycles. The number of rotatable bonds is 7. The highest BCUT2D eigenvalue weighted by Crippen LogP contribution is 2.36. The molecule has 27 heavy (non-hydrogen) atoms. The molecule has 1 aliphatic heterocycles. The van der Waals surface area contributed by atoms with E-state index in [0.717, 1.165) is 29.0 Å². The van der Waals surface area contributed by atoms with Crippen LogP contribution >= 0.6 is 0 Å². The summed E-state index contributed by atoms with van der Waals surface area (Å²) in [6.45, 7) is 4.53. The van der Waals surface area contributed by atoms with Gasteiger partial charge in [-0.2, -0.15) is 0 Å². The van der Waals surface area contributed by atoms with Crippen LogP contribution in [0, 0.1) is 0 Å². The van der Waals surface area contributed by atoms with Gasteiger partial charge in [-0.15, -0.1) is 0 Å². The summed E-state index contributed by atoms with van der Waals surface area (Å²) in [5, 5.41) is 0. The second-order valence-electron chi connectivity index (χ2n) is 6.33. The van der Waals surface area contributed by atoms with Crippen LogP contribution in [0.1, 0.15) is 35.3 Å². The molecule has 0 radical (unpaired) electrons. The second kappa shape index (κ2) is 8.16. The number of fused-ring (bicyclic) bond motifs is 1. The maximum atomic E-state index is 12.6. The molecule has 2 aromatic rings. The van der Waals surface area contributed by atoms with Gasteiger partial charge in [0, 0.05) is 23.1 Å². The Bertz CT molecular complexity index is 869. The number of carbonyl (C=O) groups is 1. The van der Waals surface area contributed by atoms with E-state index in [0.29, 0.717) is 23.7 Å². The van der Waals surface area contributed by atoms with Crippen LogP contribution in [-0.2, 0) is 6.42 Å². The normalized spacial score (nSPS) is 15.3. The minimum Gasteiger partial charge on any atom is -0.493 e. The summed E-state index contributed by atoms with van der Waals surface area (Å²) < 4.78 is 22.0. The molecule has 5 heteroatoms. The lowest BCUT2D eigenvalue weighted by atomic mass is 10.0. The van der Waals surface area contributed by atoms with E-state index in [1.54, 1.807) is 38.5 Å². The molecule has 1 heterocycles. The van der Waals surface area contributed by atoms with Crippen LogP contribution in [0.2, 0.25) is 0 Å². The lowest BCUT2D eigenvalue weighted by molar-refractivity contribution is 0.104. The number of ketones is 1. The number of hydrogen-bond donors (Lipinski definition) is 0. The average Bonchev–Trinajstić information content (AvgIpc) is 3.04. The third-order valence-electron chi connectivity index (χ3n) is 4.41. The standard InChI is InChI=1S/C22H24O5/c1-5-26-20-13-17-10-14(2)27-21(17)12-16(20)6-8-18(23)15-7-9-19(24-3)22(11-15)25-4/h6-9,11-14H,5,10H2,1-4H3/b8-6+/t14-/m0/s1. The van der Waals surface area contributed by atoms with Gasteiger partial charge in [0.15, 0.2) is 17.3 Å². The molecule has 3 rings (SSSR count). The highest BCUT2D eigenvalue weighted by molar-refractivity contribution is 6.07. The molecule has 0 amide bonds. The fourth-order valence-electron chi connectivity index (χ4n) is 3.12. The number of ether oxygens (including phenoxy) is 4. The minimum atomic E-state index is -0.131. The molecule has 1 atom stereocenters. The molecule has 5 nitrogen and oxygen atoms in total. The number of methoxy groups -OCH3 is 2. The summed E-state index contributed by atoms with van der Waals surface area (Å²) >= 11 is 0. The van der Waals surface area contributed by atoms with E-state index < -0.39 is 0 Å². The molecule has 1 aliphatic rings. The van der Waals surface area contributed by atoms with Gasteiger partial charge in [-0.25, -0.2) is 0 Å². The Morgan fingerprint density at radius 3 is 2.63 bits per heavy atom. The van der Waals surface area contributed by atoms with Crippen LogP contribution in [-0.4, -0.2) is 32.7 Å². The van der Waals surface area contributed by atoms with Crippen molar-refractivity contribution in [2.45, 2.75) is 26.4 Å². The third kappa shape index (κ3) is 4.08. The van der Waals surface area contributed by atoms with Gasteiger partial charge < -0.3 is 18.9 Å². The van der Waals surface area contributed by atoms with Crippen molar-refractivity contribution in [1.82, 2.24) is 0 Å². The predicted molar refractivity (Wildman–Crippen MR) is 104 cm³/mol. The molecule has 0 spiro atoms. The number of benzene rings is 2. The summed E-state index contributed by atoms with van der Waals surface area (Å²) in [5.74, 6) is 2.58. The van der Waals surface area contributed by atoms with Crippen LogP contribution in [0.4, 0.5) is 0 Å². The molecular weight excluding hydrogens is 344 g/mol. The molecule has 0 bridgehead atoms. The smallest absolute Gasteiger partial charge is 0.185 e. The van der Waals surface area contributed by atoms with Crippen molar-refractivity contribution >= 4 is 11.9 Å². The lowest BCUT2D eigenvalue weighted by Crippen LogP contribution is -2.05.